The molecule has 162 valence electrons. The van der Waals surface area contributed by atoms with E-state index < -0.39 is 0 Å². The lowest BCUT2D eigenvalue weighted by Gasteiger charge is -2.51. The van der Waals surface area contributed by atoms with Gasteiger partial charge in [-0.2, -0.15) is 0 Å². The molecule has 3 nitrogen and oxygen atoms in total. The molecule has 0 aliphatic heterocycles. The van der Waals surface area contributed by atoms with Crippen molar-refractivity contribution in [3.05, 3.63) is 34.6 Å². The van der Waals surface area contributed by atoms with E-state index in [4.69, 9.17) is 4.74 Å². The van der Waals surface area contributed by atoms with Crippen LogP contribution in [0.5, 0.6) is 0 Å². The van der Waals surface area contributed by atoms with Gasteiger partial charge in [0.15, 0.2) is 0 Å². The van der Waals surface area contributed by atoms with Crippen LogP contribution in [0.25, 0.3) is 0 Å². The molecule has 0 radical (unpaired) electrons. The molecule has 0 aromatic carbocycles. The fourth-order valence-electron chi connectivity index (χ4n) is 6.22. The number of Topliss-reactive ketones (excluding diaryl/α,β-unsaturated/α-hetero) is 1. The van der Waals surface area contributed by atoms with Crippen LogP contribution in [0, 0.1) is 22.7 Å². The van der Waals surface area contributed by atoms with E-state index in [1.807, 2.05) is 6.08 Å². The second kappa shape index (κ2) is 8.79. The van der Waals surface area contributed by atoms with Gasteiger partial charge in [0.1, 0.15) is 5.78 Å². The predicted octanol–water partition coefficient (Wildman–Crippen LogP) is 6.70. The molecule has 4 atom stereocenters. The van der Waals surface area contributed by atoms with Gasteiger partial charge in [-0.25, -0.2) is 0 Å². The van der Waals surface area contributed by atoms with Crippen LogP contribution in [0.15, 0.2) is 34.6 Å². The van der Waals surface area contributed by atoms with Gasteiger partial charge in [0.25, 0.3) is 0 Å². The van der Waals surface area contributed by atoms with Crippen LogP contribution < -0.4 is 0 Å². The second-order valence-corrected chi connectivity index (χ2v) is 9.93. The summed E-state index contributed by atoms with van der Waals surface area (Å²) in [6.07, 6.45) is 12.3. The van der Waals surface area contributed by atoms with Gasteiger partial charge in [-0.15, -0.1) is 0 Å². The third-order valence-corrected chi connectivity index (χ3v) is 7.88. The number of carbonyl (C=O) groups is 1. The molecule has 0 spiro atoms. The quantitative estimate of drug-likeness (QED) is 0.422. The first-order valence-corrected chi connectivity index (χ1v) is 11.7. The Morgan fingerprint density at radius 2 is 1.86 bits per heavy atom. The summed E-state index contributed by atoms with van der Waals surface area (Å²) < 4.78 is 5.13. The Bertz CT molecular complexity index is 724. The maximum atomic E-state index is 12.4. The molecule has 1 saturated carbocycles. The number of carbonyl (C=O) groups excluding carboxylic acids is 1. The summed E-state index contributed by atoms with van der Waals surface area (Å²) in [5.41, 5.74) is 4.28. The minimum absolute atomic E-state index is 0.0756. The third kappa shape index (κ3) is 4.00. The van der Waals surface area contributed by atoms with E-state index in [-0.39, 0.29) is 10.8 Å². The normalized spacial score (nSPS) is 35.7. The lowest BCUT2D eigenvalue weighted by molar-refractivity contribution is -0.127. The van der Waals surface area contributed by atoms with Gasteiger partial charge < -0.3 is 9.84 Å². The molecule has 3 heteroatoms. The third-order valence-electron chi connectivity index (χ3n) is 7.88. The molecule has 4 rings (SSSR count). The largest absolute Gasteiger partial charge is 0.512 e. The van der Waals surface area contributed by atoms with Gasteiger partial charge >= 0.3 is 0 Å². The first kappa shape index (κ1) is 22.3. The zero-order chi connectivity index (χ0) is 21.2. The first-order chi connectivity index (χ1) is 13.8. The van der Waals surface area contributed by atoms with Gasteiger partial charge in [-0.3, -0.25) is 4.79 Å². The van der Waals surface area contributed by atoms with E-state index in [9.17, 15) is 9.90 Å². The number of ether oxygens (including phenoxy) is 1. The molecule has 4 aliphatic rings. The Balaban J connectivity index is 0.000000298. The van der Waals surface area contributed by atoms with E-state index in [2.05, 4.69) is 40.7 Å². The molecule has 0 aromatic heterocycles. The standard InChI is InChI=1S/C20H26O2.C6H14O/c1-12-10-14-15-4-5-18(22)20(15,3)9-7-16(14)19(2)8-6-13(21)11-17(12)19;1-3-5-7-6-4-2/h7,11,14-15,21H,4-6,8-10H2,1-3H3;3-6H2,1-2H3/t14-,15-,19+,20-;/m0./s1. The Morgan fingerprint density at radius 1 is 1.17 bits per heavy atom. The summed E-state index contributed by atoms with van der Waals surface area (Å²) in [6.45, 7) is 12.9. The van der Waals surface area contributed by atoms with Gasteiger partial charge in [0.2, 0.25) is 0 Å². The molecule has 1 fully saturated rings. The molecule has 0 unspecified atom stereocenters. The number of hydrogen-bond donors (Lipinski definition) is 1. The van der Waals surface area contributed by atoms with Gasteiger partial charge in [-0.05, 0) is 68.9 Å². The van der Waals surface area contributed by atoms with Crippen molar-refractivity contribution in [2.75, 3.05) is 13.2 Å². The highest BCUT2D eigenvalue weighted by molar-refractivity contribution is 5.87. The second-order valence-electron chi connectivity index (χ2n) is 9.93. The van der Waals surface area contributed by atoms with Crippen LogP contribution in [0.3, 0.4) is 0 Å². The highest BCUT2D eigenvalue weighted by Crippen LogP contribution is 2.62. The van der Waals surface area contributed by atoms with Crippen LogP contribution in [0.4, 0.5) is 0 Å². The SMILES string of the molecule is CC1=C2C=C(O)CC[C@]2(C)C2=CC[C@]3(C)C(=O)CC[C@H]3[C@@H]2C1.CCCOCCC. The van der Waals surface area contributed by atoms with Gasteiger partial charge in [-0.1, -0.05) is 44.9 Å². The summed E-state index contributed by atoms with van der Waals surface area (Å²) in [5, 5.41) is 9.97. The molecule has 1 N–H and O–H groups in total. The number of ketones is 1. The molecule has 29 heavy (non-hydrogen) atoms. The van der Waals surface area contributed by atoms with Crippen LogP contribution >= 0.6 is 0 Å². The minimum Gasteiger partial charge on any atom is -0.512 e. The van der Waals surface area contributed by atoms with E-state index in [1.165, 1.54) is 11.1 Å². The maximum Gasteiger partial charge on any atom is 0.139 e. The van der Waals surface area contributed by atoms with E-state index in [1.54, 1.807) is 5.57 Å². The molecule has 0 aromatic rings. The monoisotopic (exact) mass is 400 g/mol. The molecule has 4 aliphatic carbocycles. The summed E-state index contributed by atoms with van der Waals surface area (Å²) >= 11 is 0. The Kier molecular flexibility index (Phi) is 6.77. The predicted molar refractivity (Wildman–Crippen MR) is 119 cm³/mol. The average Bonchev–Trinajstić information content (AvgIpc) is 2.99. The van der Waals surface area contributed by atoms with Crippen LogP contribution in [0.1, 0.15) is 86.0 Å². The summed E-state index contributed by atoms with van der Waals surface area (Å²) in [7, 11) is 0. The van der Waals surface area contributed by atoms with Gasteiger partial charge in [0.05, 0.1) is 5.76 Å². The zero-order valence-corrected chi connectivity index (χ0v) is 19.1. The van der Waals surface area contributed by atoms with Crippen molar-refractivity contribution in [3.8, 4) is 0 Å². The van der Waals surface area contributed by atoms with Crippen LogP contribution in [0.2, 0.25) is 0 Å². The van der Waals surface area contributed by atoms with Crippen molar-refractivity contribution in [2.24, 2.45) is 22.7 Å². The molecular weight excluding hydrogens is 360 g/mol. The molecule has 0 heterocycles. The highest BCUT2D eigenvalue weighted by atomic mass is 16.5. The van der Waals surface area contributed by atoms with Crippen molar-refractivity contribution in [1.29, 1.82) is 0 Å². The van der Waals surface area contributed by atoms with Gasteiger partial charge in [0, 0.05) is 36.9 Å². The number of hydrogen-bond acceptors (Lipinski definition) is 3. The maximum absolute atomic E-state index is 12.4. The van der Waals surface area contributed by atoms with Crippen LogP contribution in [-0.4, -0.2) is 24.1 Å². The average molecular weight is 401 g/mol. The molecule has 0 saturated heterocycles. The molecular formula is C26H40O3. The molecule has 0 amide bonds. The number of fused-ring (bicyclic) bond motifs is 5. The minimum atomic E-state index is -0.116. The van der Waals surface area contributed by atoms with Crippen molar-refractivity contribution >= 4 is 5.78 Å². The Hall–Kier alpha value is -1.35. The van der Waals surface area contributed by atoms with Crippen molar-refractivity contribution in [2.45, 2.75) is 86.0 Å². The van der Waals surface area contributed by atoms with E-state index >= 15 is 0 Å². The topological polar surface area (TPSA) is 46.5 Å². The van der Waals surface area contributed by atoms with E-state index in [0.717, 1.165) is 64.6 Å². The Labute approximate surface area is 177 Å². The summed E-state index contributed by atoms with van der Waals surface area (Å²) in [6, 6.07) is 0. The van der Waals surface area contributed by atoms with Crippen molar-refractivity contribution < 1.29 is 14.6 Å². The molecule has 0 bridgehead atoms. The smallest absolute Gasteiger partial charge is 0.139 e. The van der Waals surface area contributed by atoms with Crippen molar-refractivity contribution in [3.63, 3.8) is 0 Å². The number of rotatable bonds is 4. The lowest BCUT2D eigenvalue weighted by atomic mass is 9.52. The Morgan fingerprint density at radius 3 is 2.52 bits per heavy atom. The first-order valence-electron chi connectivity index (χ1n) is 11.7. The number of aliphatic hydroxyl groups is 1. The number of aliphatic hydroxyl groups excluding tert-OH is 1. The number of allylic oxidation sites excluding steroid dienone is 6. The lowest BCUT2D eigenvalue weighted by Crippen LogP contribution is -2.44. The summed E-state index contributed by atoms with van der Waals surface area (Å²) in [5.74, 6) is 2.06. The highest BCUT2D eigenvalue weighted by Gasteiger charge is 2.55. The van der Waals surface area contributed by atoms with E-state index in [0.29, 0.717) is 23.4 Å². The zero-order valence-electron chi connectivity index (χ0n) is 19.1. The fourth-order valence-corrected chi connectivity index (χ4v) is 6.22. The fraction of sp³-hybridized carbons (Fsp3) is 0.731. The van der Waals surface area contributed by atoms with Crippen LogP contribution in [-0.2, 0) is 9.53 Å². The van der Waals surface area contributed by atoms with Crippen molar-refractivity contribution in [1.82, 2.24) is 0 Å². The summed E-state index contributed by atoms with van der Waals surface area (Å²) in [4.78, 5) is 12.4.